The Morgan fingerprint density at radius 2 is 1.72 bits per heavy atom. The van der Waals surface area contributed by atoms with Crippen molar-refractivity contribution < 1.29 is 22.8 Å². The minimum absolute atomic E-state index is 0.0368. The van der Waals surface area contributed by atoms with Crippen molar-refractivity contribution in [2.75, 3.05) is 13.1 Å². The number of pyridine rings is 1. The van der Waals surface area contributed by atoms with E-state index >= 15 is 0 Å². The molecule has 2 amide bonds. The van der Waals surface area contributed by atoms with Crippen LogP contribution in [0.5, 0.6) is 0 Å². The fourth-order valence-corrected chi connectivity index (χ4v) is 5.47. The third-order valence-corrected chi connectivity index (χ3v) is 7.94. The number of carbonyl (C=O) groups excluding carboxylic acids is 2. The number of alkyl halides is 3. The molecule has 0 unspecified atom stereocenters. The maximum Gasteiger partial charge on any atom is 0.389 e. The van der Waals surface area contributed by atoms with Crippen LogP contribution in [0.2, 0.25) is 0 Å². The first kappa shape index (κ1) is 28.6. The number of rotatable bonds is 9. The molecule has 0 saturated heterocycles. The molecular formula is C33H32F3N5O2. The Kier molecular flexibility index (Phi) is 8.01. The monoisotopic (exact) mass is 587 g/mol. The number of nitrogens with zero attached hydrogens (tertiary/aromatic N) is 5. The lowest BCUT2D eigenvalue weighted by Gasteiger charge is -2.27. The number of halogens is 3. The largest absolute Gasteiger partial charge is 0.389 e. The van der Waals surface area contributed by atoms with Gasteiger partial charge in [0.15, 0.2) is 11.5 Å². The van der Waals surface area contributed by atoms with Gasteiger partial charge in [-0.1, -0.05) is 48.5 Å². The summed E-state index contributed by atoms with van der Waals surface area (Å²) in [7, 11) is 0. The molecule has 7 nitrogen and oxygen atoms in total. The fraction of sp³-hybridized carbons (Fsp3) is 0.333. The van der Waals surface area contributed by atoms with E-state index in [-0.39, 0.29) is 12.5 Å². The van der Waals surface area contributed by atoms with Gasteiger partial charge in [-0.2, -0.15) is 18.3 Å². The highest BCUT2D eigenvalue weighted by atomic mass is 19.4. The molecule has 0 bridgehead atoms. The number of hydrogen-bond acceptors (Lipinski definition) is 4. The average molecular weight is 588 g/mol. The lowest BCUT2D eigenvalue weighted by atomic mass is 10.00. The van der Waals surface area contributed by atoms with Crippen LogP contribution in [-0.2, 0) is 17.8 Å². The van der Waals surface area contributed by atoms with Crippen LogP contribution < -0.4 is 0 Å². The lowest BCUT2D eigenvalue weighted by Crippen LogP contribution is -2.35. The van der Waals surface area contributed by atoms with E-state index < -0.39 is 24.9 Å². The zero-order valence-corrected chi connectivity index (χ0v) is 23.6. The van der Waals surface area contributed by atoms with Crippen LogP contribution in [0.1, 0.15) is 65.0 Å². The predicted octanol–water partition coefficient (Wildman–Crippen LogP) is 6.08. The minimum atomic E-state index is -4.34. The van der Waals surface area contributed by atoms with Crippen molar-refractivity contribution in [3.05, 3.63) is 107 Å². The summed E-state index contributed by atoms with van der Waals surface area (Å²) >= 11 is 0. The summed E-state index contributed by atoms with van der Waals surface area (Å²) in [6.07, 6.45) is 0.825. The van der Waals surface area contributed by atoms with E-state index in [1.54, 1.807) is 4.52 Å². The van der Waals surface area contributed by atoms with Gasteiger partial charge in [-0.15, -0.1) is 0 Å². The summed E-state index contributed by atoms with van der Waals surface area (Å²) in [5.41, 5.74) is 5.33. The number of amides is 2. The van der Waals surface area contributed by atoms with Crippen LogP contribution in [0, 0.1) is 0 Å². The average Bonchev–Trinajstić information content (AvgIpc) is 3.77. The van der Waals surface area contributed by atoms with Crippen LogP contribution in [0.15, 0.2) is 79.0 Å². The first-order chi connectivity index (χ1) is 20.7. The van der Waals surface area contributed by atoms with Gasteiger partial charge in [0.1, 0.15) is 0 Å². The highest BCUT2D eigenvalue weighted by Crippen LogP contribution is 2.30. The van der Waals surface area contributed by atoms with Crippen molar-refractivity contribution in [3.8, 4) is 0 Å². The summed E-state index contributed by atoms with van der Waals surface area (Å²) in [6, 6.07) is 21.8. The van der Waals surface area contributed by atoms with Gasteiger partial charge in [0.05, 0.1) is 6.42 Å². The summed E-state index contributed by atoms with van der Waals surface area (Å²) in [4.78, 5) is 33.8. The Balaban J connectivity index is 1.12. The van der Waals surface area contributed by atoms with Crippen molar-refractivity contribution >= 4 is 23.0 Å². The molecule has 0 radical (unpaired) electrons. The molecule has 0 N–H and O–H groups in total. The SMILES string of the molecule is O=C(CCC(F)(F)F)N1CC=C(c2cccn3nc(Cc4ccc(C(=O)N(Cc5ccccc5)C5CC5)cc4)nc23)CC1. The zero-order valence-electron chi connectivity index (χ0n) is 23.6. The molecule has 3 heterocycles. The van der Waals surface area contributed by atoms with Gasteiger partial charge >= 0.3 is 6.18 Å². The second-order valence-corrected chi connectivity index (χ2v) is 11.2. The third kappa shape index (κ3) is 6.96. The van der Waals surface area contributed by atoms with Crippen molar-refractivity contribution in [2.45, 2.75) is 57.3 Å². The molecule has 2 aromatic carbocycles. The minimum Gasteiger partial charge on any atom is -0.339 e. The molecule has 1 fully saturated rings. The second kappa shape index (κ2) is 12.0. The number of benzene rings is 2. The highest BCUT2D eigenvalue weighted by Gasteiger charge is 2.33. The van der Waals surface area contributed by atoms with E-state index in [9.17, 15) is 22.8 Å². The smallest absolute Gasteiger partial charge is 0.339 e. The van der Waals surface area contributed by atoms with E-state index in [0.717, 1.165) is 35.1 Å². The number of hydrogen-bond donors (Lipinski definition) is 0. The Morgan fingerprint density at radius 3 is 2.40 bits per heavy atom. The molecular weight excluding hydrogens is 555 g/mol. The van der Waals surface area contributed by atoms with Gasteiger partial charge in [0, 0.05) is 55.8 Å². The molecule has 1 aliphatic carbocycles. The normalized spacial score (nSPS) is 15.4. The Labute approximate surface area is 247 Å². The summed E-state index contributed by atoms with van der Waals surface area (Å²) in [6.45, 7) is 1.23. The molecule has 2 aliphatic rings. The van der Waals surface area contributed by atoms with Gasteiger partial charge in [0.2, 0.25) is 5.91 Å². The summed E-state index contributed by atoms with van der Waals surface area (Å²) in [5, 5.41) is 4.65. The van der Waals surface area contributed by atoms with Crippen LogP contribution in [0.4, 0.5) is 13.2 Å². The number of carbonyl (C=O) groups is 2. The van der Waals surface area contributed by atoms with Crippen LogP contribution >= 0.6 is 0 Å². The van der Waals surface area contributed by atoms with E-state index in [2.05, 4.69) is 5.10 Å². The predicted molar refractivity (Wildman–Crippen MR) is 156 cm³/mol. The maximum absolute atomic E-state index is 13.4. The van der Waals surface area contributed by atoms with E-state index in [0.29, 0.717) is 49.0 Å². The Morgan fingerprint density at radius 1 is 0.953 bits per heavy atom. The zero-order chi connectivity index (χ0) is 30.0. The molecule has 2 aromatic heterocycles. The van der Waals surface area contributed by atoms with Gasteiger partial charge in [-0.3, -0.25) is 9.59 Å². The van der Waals surface area contributed by atoms with Crippen molar-refractivity contribution in [1.29, 1.82) is 0 Å². The Hall–Kier alpha value is -4.47. The van der Waals surface area contributed by atoms with Crippen LogP contribution in [0.25, 0.3) is 11.2 Å². The highest BCUT2D eigenvalue weighted by molar-refractivity contribution is 5.94. The first-order valence-electron chi connectivity index (χ1n) is 14.6. The molecule has 0 spiro atoms. The van der Waals surface area contributed by atoms with Crippen LogP contribution in [0.3, 0.4) is 0 Å². The third-order valence-electron chi connectivity index (χ3n) is 7.94. The molecule has 10 heteroatoms. The number of fused-ring (bicyclic) bond motifs is 1. The van der Waals surface area contributed by atoms with E-state index in [1.165, 1.54) is 4.90 Å². The van der Waals surface area contributed by atoms with Crippen molar-refractivity contribution in [2.24, 2.45) is 0 Å². The standard InChI is InChI=1S/C33H32F3N5O2/c34-33(35,36)17-14-30(42)39-19-15-25(16-20-39)28-7-4-18-41-31(28)37-29(38-41)21-23-8-10-26(11-9-23)32(43)40(27-12-13-27)22-24-5-2-1-3-6-24/h1-11,15,18,27H,12-14,16-17,19-22H2. The van der Waals surface area contributed by atoms with Gasteiger partial charge in [0.25, 0.3) is 5.91 Å². The fourth-order valence-electron chi connectivity index (χ4n) is 5.47. The molecule has 0 atom stereocenters. The summed E-state index contributed by atoms with van der Waals surface area (Å²) in [5.74, 6) is 0.185. The van der Waals surface area contributed by atoms with Crippen molar-refractivity contribution in [3.63, 3.8) is 0 Å². The van der Waals surface area contributed by atoms with Crippen molar-refractivity contribution in [1.82, 2.24) is 24.4 Å². The van der Waals surface area contributed by atoms with Gasteiger partial charge in [-0.05, 0) is 60.2 Å². The van der Waals surface area contributed by atoms with Gasteiger partial charge in [-0.25, -0.2) is 9.50 Å². The van der Waals surface area contributed by atoms with Gasteiger partial charge < -0.3 is 9.80 Å². The molecule has 1 saturated carbocycles. The summed E-state index contributed by atoms with van der Waals surface area (Å²) < 4.78 is 39.3. The first-order valence-corrected chi connectivity index (χ1v) is 14.6. The molecule has 43 heavy (non-hydrogen) atoms. The molecule has 1 aliphatic heterocycles. The molecule has 6 rings (SSSR count). The van der Waals surface area contributed by atoms with E-state index in [1.807, 2.05) is 83.9 Å². The lowest BCUT2D eigenvalue weighted by molar-refractivity contribution is -0.148. The van der Waals surface area contributed by atoms with Crippen LogP contribution in [-0.4, -0.2) is 61.5 Å². The molecule has 4 aromatic rings. The Bertz CT molecular complexity index is 1640. The number of aromatic nitrogens is 3. The van der Waals surface area contributed by atoms with E-state index in [4.69, 9.17) is 4.98 Å². The maximum atomic E-state index is 13.4. The quantitative estimate of drug-likeness (QED) is 0.238. The second-order valence-electron chi connectivity index (χ2n) is 11.2. The topological polar surface area (TPSA) is 70.8 Å². The molecule has 222 valence electrons.